The second kappa shape index (κ2) is 18.5. The maximum atomic E-state index is 11.8. The number of rotatable bonds is 9. The van der Waals surface area contributed by atoms with Crippen molar-refractivity contribution < 1.29 is 35.3 Å². The molecule has 0 unspecified atom stereocenters. The first-order chi connectivity index (χ1) is 34.2. The van der Waals surface area contributed by atoms with Crippen molar-refractivity contribution in [2.45, 2.75) is 26.2 Å². The van der Waals surface area contributed by atoms with Crippen LogP contribution in [-0.2, 0) is 26.5 Å². The van der Waals surface area contributed by atoms with Gasteiger partial charge in [0.2, 0.25) is 5.89 Å². The van der Waals surface area contributed by atoms with E-state index in [0.29, 0.717) is 51.1 Å². The van der Waals surface area contributed by atoms with Crippen LogP contribution in [0.25, 0.3) is 106 Å². The third kappa shape index (κ3) is 8.51. The van der Waals surface area contributed by atoms with Crippen molar-refractivity contribution in [1.82, 2.24) is 14.5 Å². The molecule has 12 rings (SSSR count). The Balaban J connectivity index is 0.00000547. The van der Waals surface area contributed by atoms with Crippen molar-refractivity contribution in [1.29, 1.82) is 0 Å². The van der Waals surface area contributed by atoms with Crippen LogP contribution in [0.15, 0.2) is 217 Å². The summed E-state index contributed by atoms with van der Waals surface area (Å²) in [5.41, 5.74) is 15.3. The molecule has 0 fully saturated rings. The molecule has 344 valence electrons. The van der Waals surface area contributed by atoms with Crippen LogP contribution in [0, 0.1) is 12.1 Å². The van der Waals surface area contributed by atoms with Crippen LogP contribution in [0.3, 0.4) is 0 Å². The fourth-order valence-electron chi connectivity index (χ4n) is 9.45. The first-order valence-electron chi connectivity index (χ1n) is 23.4. The van der Waals surface area contributed by atoms with Gasteiger partial charge in [0.25, 0.3) is 0 Å². The van der Waals surface area contributed by atoms with E-state index in [0.717, 1.165) is 71.9 Å². The summed E-state index contributed by atoms with van der Waals surface area (Å²) in [5, 5.41) is 13.7. The van der Waals surface area contributed by atoms with Crippen LogP contribution in [0.1, 0.15) is 26.3 Å². The number of benzene rings is 9. The molecule has 0 aliphatic rings. The number of hydrogen-bond donors (Lipinski definition) is 1. The summed E-state index contributed by atoms with van der Waals surface area (Å²) in [5.74, 6) is 1.49. The number of aromatic nitrogens is 3. The predicted octanol–water partition coefficient (Wildman–Crippen LogP) is 16.7. The van der Waals surface area contributed by atoms with Crippen LogP contribution in [0.5, 0.6) is 17.2 Å². The Morgan fingerprint density at radius 1 is 0.563 bits per heavy atom. The molecule has 3 aromatic heterocycles. The first kappa shape index (κ1) is 45.2. The van der Waals surface area contributed by atoms with Crippen LogP contribution in [0.4, 0.5) is 0 Å². The number of phenols is 1. The molecule has 6 nitrogen and oxygen atoms in total. The predicted molar refractivity (Wildman–Crippen MR) is 283 cm³/mol. The quantitative estimate of drug-likeness (QED) is 0.146. The smallest absolute Gasteiger partial charge is 0.506 e. The fourth-order valence-corrected chi connectivity index (χ4v) is 9.45. The van der Waals surface area contributed by atoms with Gasteiger partial charge in [0.15, 0.2) is 0 Å². The molecule has 0 spiro atoms. The molecule has 7 heteroatoms. The van der Waals surface area contributed by atoms with Crippen molar-refractivity contribution in [3.05, 3.63) is 230 Å². The van der Waals surface area contributed by atoms with E-state index in [2.05, 4.69) is 171 Å². The molecule has 0 aliphatic heterocycles. The third-order valence-electron chi connectivity index (χ3n) is 13.0. The molecule has 0 atom stereocenters. The SMILES string of the molecule is CC(C)(C)c1ccc(O)c(-n2c3ccc(-c4c(-c5ccccc5)cccc4-c4ccccc4)cc3c3ccc(-c4[c-]c(Oc5[c-]cccc5)c5oc(-c6ccc(-c7ccccc7)cc6)nc5c4)nc32)c1.[Pt+2]. The number of fused-ring (bicyclic) bond motifs is 4. The number of para-hydroxylation sites is 1. The minimum absolute atomic E-state index is 0. The molecule has 0 amide bonds. The summed E-state index contributed by atoms with van der Waals surface area (Å²) in [6.07, 6.45) is 0. The van der Waals surface area contributed by atoms with Crippen molar-refractivity contribution in [3.63, 3.8) is 0 Å². The zero-order chi connectivity index (χ0) is 47.3. The van der Waals surface area contributed by atoms with Gasteiger partial charge in [0, 0.05) is 27.6 Å². The van der Waals surface area contributed by atoms with Gasteiger partial charge >= 0.3 is 21.1 Å². The molecule has 0 bridgehead atoms. The van der Waals surface area contributed by atoms with Gasteiger partial charge in [-0.15, -0.1) is 23.8 Å². The Labute approximate surface area is 426 Å². The number of phenolic OH excluding ortho intramolecular Hbond substituents is 1. The Hall–Kier alpha value is -8.31. The first-order valence-corrected chi connectivity index (χ1v) is 23.4. The van der Waals surface area contributed by atoms with Gasteiger partial charge in [-0.3, -0.25) is 9.55 Å². The molecule has 0 saturated carbocycles. The van der Waals surface area contributed by atoms with Gasteiger partial charge in [-0.25, -0.2) is 4.98 Å². The topological polar surface area (TPSA) is 73.3 Å². The largest absolute Gasteiger partial charge is 2.00 e. The summed E-state index contributed by atoms with van der Waals surface area (Å²) >= 11 is 0. The van der Waals surface area contributed by atoms with Crippen LogP contribution < -0.4 is 4.74 Å². The molecule has 0 saturated heterocycles. The second-order valence-corrected chi connectivity index (χ2v) is 18.6. The van der Waals surface area contributed by atoms with Crippen molar-refractivity contribution in [2.24, 2.45) is 0 Å². The molecule has 9 aromatic carbocycles. The molecule has 0 aliphatic carbocycles. The van der Waals surface area contributed by atoms with Gasteiger partial charge < -0.3 is 14.3 Å². The molecule has 0 radical (unpaired) electrons. The van der Waals surface area contributed by atoms with Crippen LogP contribution >= 0.6 is 0 Å². The number of nitrogens with zero attached hydrogens (tertiary/aromatic N) is 3. The molecular weight excluding hydrogens is 1050 g/mol. The van der Waals surface area contributed by atoms with E-state index < -0.39 is 0 Å². The Morgan fingerprint density at radius 3 is 1.86 bits per heavy atom. The van der Waals surface area contributed by atoms with Gasteiger partial charge in [0.1, 0.15) is 17.0 Å². The number of oxazole rings is 1. The van der Waals surface area contributed by atoms with Gasteiger partial charge in [0.05, 0.1) is 17.0 Å². The van der Waals surface area contributed by atoms with Crippen molar-refractivity contribution >= 4 is 33.0 Å². The zero-order valence-corrected chi connectivity index (χ0v) is 41.4. The number of aromatic hydroxyl groups is 1. The second-order valence-electron chi connectivity index (χ2n) is 18.6. The minimum atomic E-state index is -0.181. The number of pyridine rings is 1. The number of ether oxygens (including phenoxy) is 1. The van der Waals surface area contributed by atoms with Gasteiger partial charge in [-0.05, 0) is 97.6 Å². The number of hydrogen-bond acceptors (Lipinski definition) is 5. The Morgan fingerprint density at radius 2 is 1.20 bits per heavy atom. The van der Waals surface area contributed by atoms with Gasteiger partial charge in [-0.2, -0.15) is 18.2 Å². The summed E-state index contributed by atoms with van der Waals surface area (Å²) in [4.78, 5) is 10.5. The fraction of sp³-hybridized carbons (Fsp3) is 0.0625. The normalized spacial score (nSPS) is 11.5. The summed E-state index contributed by atoms with van der Waals surface area (Å²) in [6.45, 7) is 6.54. The maximum absolute atomic E-state index is 11.8. The zero-order valence-electron chi connectivity index (χ0n) is 39.1. The third-order valence-corrected chi connectivity index (χ3v) is 13.0. The standard InChI is InChI=1S/C64H45N3O3.Pt/c1-64(2,3)48-32-36-58(68)57(40-48)67-56-35-31-46(60-50(43-19-10-5-11-20-43)25-16-26-51(60)44-21-12-6-13-22-44)37-53(56)52-33-34-54(65-62(52)67)47-38-55-61(59(39-47)69-49-23-14-7-15-24-49)70-63(66-55)45-29-27-42(28-30-45)41-17-8-4-9-18-41;/h4-23,25-38,40,68H,1-3H3;/q-2;+2. The average molecular weight is 1100 g/mol. The van der Waals surface area contributed by atoms with E-state index in [1.165, 1.54) is 0 Å². The van der Waals surface area contributed by atoms with Crippen LogP contribution in [0.2, 0.25) is 0 Å². The van der Waals surface area contributed by atoms with E-state index in [9.17, 15) is 5.11 Å². The maximum Gasteiger partial charge on any atom is 2.00 e. The van der Waals surface area contributed by atoms with E-state index in [1.807, 2.05) is 72.8 Å². The summed E-state index contributed by atoms with van der Waals surface area (Å²) < 4.78 is 15.1. The van der Waals surface area contributed by atoms with E-state index in [1.54, 1.807) is 6.07 Å². The van der Waals surface area contributed by atoms with E-state index in [4.69, 9.17) is 19.1 Å². The Kier molecular flexibility index (Phi) is 11.8. The van der Waals surface area contributed by atoms with Crippen molar-refractivity contribution in [2.75, 3.05) is 0 Å². The van der Waals surface area contributed by atoms with E-state index in [-0.39, 0.29) is 32.2 Å². The molecule has 71 heavy (non-hydrogen) atoms. The van der Waals surface area contributed by atoms with Crippen molar-refractivity contribution in [3.8, 4) is 90.2 Å². The summed E-state index contributed by atoms with van der Waals surface area (Å²) in [6, 6.07) is 78.9. The van der Waals surface area contributed by atoms with Crippen LogP contribution in [-0.4, -0.2) is 19.6 Å². The molecule has 12 aromatic rings. The molecular formula is C64H45N3O3Pt. The molecule has 3 heterocycles. The minimum Gasteiger partial charge on any atom is -0.506 e. The Bertz CT molecular complexity index is 3820. The van der Waals surface area contributed by atoms with E-state index >= 15 is 0 Å². The molecule has 1 N–H and O–H groups in total. The summed E-state index contributed by atoms with van der Waals surface area (Å²) in [7, 11) is 0. The monoisotopic (exact) mass is 1100 g/mol. The average Bonchev–Trinajstić information content (AvgIpc) is 3.99. The van der Waals surface area contributed by atoms with Gasteiger partial charge in [-0.1, -0.05) is 172 Å².